The molecule has 0 aliphatic heterocycles. The van der Waals surface area contributed by atoms with Crippen molar-refractivity contribution in [3.8, 4) is 0 Å². The molecule has 0 saturated heterocycles. The summed E-state index contributed by atoms with van der Waals surface area (Å²) in [4.78, 5) is 35.1. The van der Waals surface area contributed by atoms with E-state index in [0.717, 1.165) is 19.2 Å². The third-order valence-corrected chi connectivity index (χ3v) is 3.22. The molecule has 1 rings (SSSR count). The number of esters is 2. The standard InChI is InChI=1S/C15H17F2NO5/c1-8(7-11(19)22-2)13(15(21)23-3)18-14(20)9-5-4-6-10(16)12(9)17/h4-6,8,13H,7H2,1-3H3,(H,18,20)/t8-,13+/m1/s1. The molecule has 2 atom stereocenters. The molecule has 1 N–H and O–H groups in total. The van der Waals surface area contributed by atoms with Crippen LogP contribution in [0.15, 0.2) is 18.2 Å². The summed E-state index contributed by atoms with van der Waals surface area (Å²) in [5.74, 6) is -5.57. The Hall–Kier alpha value is -2.51. The van der Waals surface area contributed by atoms with Crippen molar-refractivity contribution in [2.45, 2.75) is 19.4 Å². The van der Waals surface area contributed by atoms with Gasteiger partial charge in [-0.2, -0.15) is 0 Å². The van der Waals surface area contributed by atoms with Crippen LogP contribution in [0.2, 0.25) is 0 Å². The maximum atomic E-state index is 13.6. The van der Waals surface area contributed by atoms with Crippen LogP contribution in [0.5, 0.6) is 0 Å². The maximum Gasteiger partial charge on any atom is 0.328 e. The van der Waals surface area contributed by atoms with Gasteiger partial charge < -0.3 is 14.8 Å². The van der Waals surface area contributed by atoms with Crippen LogP contribution in [0.25, 0.3) is 0 Å². The Balaban J connectivity index is 2.97. The predicted octanol–water partition coefficient (Wildman–Crippen LogP) is 1.44. The molecule has 0 aromatic heterocycles. The smallest absolute Gasteiger partial charge is 0.328 e. The lowest BCUT2D eigenvalue weighted by Crippen LogP contribution is -2.46. The molecule has 0 unspecified atom stereocenters. The summed E-state index contributed by atoms with van der Waals surface area (Å²) in [6, 6.07) is 1.89. The molecule has 0 aliphatic rings. The average molecular weight is 329 g/mol. The van der Waals surface area contributed by atoms with Crippen molar-refractivity contribution in [3.05, 3.63) is 35.4 Å². The van der Waals surface area contributed by atoms with Crippen LogP contribution in [-0.2, 0) is 19.1 Å². The Kier molecular flexibility index (Phi) is 6.62. The molecule has 1 aromatic rings. The zero-order valence-corrected chi connectivity index (χ0v) is 12.9. The number of hydrogen-bond acceptors (Lipinski definition) is 5. The SMILES string of the molecule is COC(=O)C[C@@H](C)[C@H](NC(=O)c1cccc(F)c1F)C(=O)OC. The summed E-state index contributed by atoms with van der Waals surface area (Å²) in [5.41, 5.74) is -0.552. The zero-order valence-electron chi connectivity index (χ0n) is 12.9. The zero-order chi connectivity index (χ0) is 17.6. The van der Waals surface area contributed by atoms with Crippen LogP contribution in [-0.4, -0.2) is 38.1 Å². The van der Waals surface area contributed by atoms with Gasteiger partial charge in [-0.15, -0.1) is 0 Å². The van der Waals surface area contributed by atoms with E-state index in [9.17, 15) is 23.2 Å². The van der Waals surface area contributed by atoms with Gasteiger partial charge in [0, 0.05) is 0 Å². The second kappa shape index (κ2) is 8.21. The molecule has 1 amide bonds. The fourth-order valence-electron chi connectivity index (χ4n) is 1.92. The number of rotatable bonds is 6. The molecular weight excluding hydrogens is 312 g/mol. The number of nitrogens with one attached hydrogen (secondary N) is 1. The van der Waals surface area contributed by atoms with E-state index in [1.807, 2.05) is 0 Å². The molecule has 126 valence electrons. The Morgan fingerprint density at radius 3 is 2.39 bits per heavy atom. The number of hydrogen-bond donors (Lipinski definition) is 1. The number of carbonyl (C=O) groups is 3. The number of ether oxygens (including phenoxy) is 2. The van der Waals surface area contributed by atoms with Gasteiger partial charge in [0.15, 0.2) is 11.6 Å². The lowest BCUT2D eigenvalue weighted by Gasteiger charge is -2.22. The monoisotopic (exact) mass is 329 g/mol. The number of carbonyl (C=O) groups excluding carboxylic acids is 3. The molecule has 1 aromatic carbocycles. The summed E-state index contributed by atoms with van der Waals surface area (Å²) in [6.07, 6.45) is -0.165. The molecular formula is C15H17F2NO5. The van der Waals surface area contributed by atoms with E-state index < -0.39 is 47.0 Å². The molecule has 0 saturated carbocycles. The molecule has 23 heavy (non-hydrogen) atoms. The minimum absolute atomic E-state index is 0.165. The van der Waals surface area contributed by atoms with Crippen LogP contribution in [0.4, 0.5) is 8.78 Å². The van der Waals surface area contributed by atoms with Crippen molar-refractivity contribution >= 4 is 17.8 Å². The van der Waals surface area contributed by atoms with Gasteiger partial charge in [0.2, 0.25) is 0 Å². The summed E-state index contributed by atoms with van der Waals surface area (Å²) >= 11 is 0. The highest BCUT2D eigenvalue weighted by atomic mass is 19.2. The molecule has 0 fully saturated rings. The molecule has 6 nitrogen and oxygen atoms in total. The Labute approximate surface area is 131 Å². The average Bonchev–Trinajstić information content (AvgIpc) is 2.53. The van der Waals surface area contributed by atoms with Crippen molar-refractivity contribution < 1.29 is 32.6 Å². The fraction of sp³-hybridized carbons (Fsp3) is 0.400. The third kappa shape index (κ3) is 4.73. The van der Waals surface area contributed by atoms with Gasteiger partial charge in [0.25, 0.3) is 5.91 Å². The fourth-order valence-corrected chi connectivity index (χ4v) is 1.92. The van der Waals surface area contributed by atoms with E-state index in [0.29, 0.717) is 0 Å². The second-order valence-electron chi connectivity index (χ2n) is 4.83. The number of amides is 1. The highest BCUT2D eigenvalue weighted by Gasteiger charge is 2.30. The van der Waals surface area contributed by atoms with E-state index in [2.05, 4.69) is 14.8 Å². The Morgan fingerprint density at radius 2 is 1.83 bits per heavy atom. The molecule has 0 aliphatic carbocycles. The van der Waals surface area contributed by atoms with Gasteiger partial charge >= 0.3 is 11.9 Å². The van der Waals surface area contributed by atoms with Crippen LogP contribution in [0, 0.1) is 17.6 Å². The molecule has 0 heterocycles. The lowest BCUT2D eigenvalue weighted by molar-refractivity contribution is -0.146. The normalized spacial score (nSPS) is 12.9. The highest BCUT2D eigenvalue weighted by molar-refractivity contribution is 5.97. The first kappa shape index (κ1) is 18.5. The van der Waals surface area contributed by atoms with Gasteiger partial charge in [-0.05, 0) is 18.1 Å². The predicted molar refractivity (Wildman–Crippen MR) is 75.4 cm³/mol. The van der Waals surface area contributed by atoms with Gasteiger partial charge in [-0.3, -0.25) is 9.59 Å². The van der Waals surface area contributed by atoms with Crippen molar-refractivity contribution in [3.63, 3.8) is 0 Å². The minimum Gasteiger partial charge on any atom is -0.469 e. The van der Waals surface area contributed by atoms with Crippen molar-refractivity contribution in [1.29, 1.82) is 0 Å². The first-order valence-electron chi connectivity index (χ1n) is 6.71. The quantitative estimate of drug-likeness (QED) is 0.799. The van der Waals surface area contributed by atoms with Gasteiger partial charge in [0.05, 0.1) is 26.2 Å². The van der Waals surface area contributed by atoms with Crippen LogP contribution in [0.3, 0.4) is 0 Å². The van der Waals surface area contributed by atoms with E-state index >= 15 is 0 Å². The largest absolute Gasteiger partial charge is 0.469 e. The maximum absolute atomic E-state index is 13.6. The number of methoxy groups -OCH3 is 2. The number of benzene rings is 1. The van der Waals surface area contributed by atoms with E-state index in [-0.39, 0.29) is 6.42 Å². The van der Waals surface area contributed by atoms with E-state index in [1.165, 1.54) is 20.1 Å². The molecule has 0 radical (unpaired) electrons. The van der Waals surface area contributed by atoms with Crippen molar-refractivity contribution in [2.75, 3.05) is 14.2 Å². The third-order valence-electron chi connectivity index (χ3n) is 3.22. The van der Waals surface area contributed by atoms with Crippen molar-refractivity contribution in [2.24, 2.45) is 5.92 Å². The Bertz CT molecular complexity index is 606. The minimum atomic E-state index is -1.32. The van der Waals surface area contributed by atoms with Gasteiger partial charge in [-0.1, -0.05) is 13.0 Å². The van der Waals surface area contributed by atoms with Crippen molar-refractivity contribution in [1.82, 2.24) is 5.32 Å². The number of halogens is 2. The first-order valence-corrected chi connectivity index (χ1v) is 6.71. The molecule has 0 bridgehead atoms. The first-order chi connectivity index (χ1) is 10.8. The van der Waals surface area contributed by atoms with Gasteiger partial charge in [0.1, 0.15) is 6.04 Å². The Morgan fingerprint density at radius 1 is 1.17 bits per heavy atom. The summed E-state index contributed by atoms with van der Waals surface area (Å²) < 4.78 is 35.9. The summed E-state index contributed by atoms with van der Waals surface area (Å²) in [5, 5.41) is 2.25. The van der Waals surface area contributed by atoms with Crippen LogP contribution < -0.4 is 5.32 Å². The highest BCUT2D eigenvalue weighted by Crippen LogP contribution is 2.15. The van der Waals surface area contributed by atoms with Crippen LogP contribution in [0.1, 0.15) is 23.7 Å². The topological polar surface area (TPSA) is 81.7 Å². The summed E-state index contributed by atoms with van der Waals surface area (Å²) in [6.45, 7) is 1.51. The lowest BCUT2D eigenvalue weighted by atomic mass is 9.97. The van der Waals surface area contributed by atoms with E-state index in [4.69, 9.17) is 0 Å². The molecule has 0 spiro atoms. The van der Waals surface area contributed by atoms with E-state index in [1.54, 1.807) is 0 Å². The second-order valence-corrected chi connectivity index (χ2v) is 4.83. The summed E-state index contributed by atoms with van der Waals surface area (Å²) in [7, 11) is 2.29. The molecule has 8 heteroatoms. The van der Waals surface area contributed by atoms with Gasteiger partial charge in [-0.25, -0.2) is 13.6 Å². The van der Waals surface area contributed by atoms with Crippen LogP contribution >= 0.6 is 0 Å².